The maximum Gasteiger partial charge on any atom is 0.282 e. The van der Waals surface area contributed by atoms with Gasteiger partial charge in [-0.25, -0.2) is 0 Å². The molecule has 0 rings (SSSR count). The van der Waals surface area contributed by atoms with E-state index in [1.165, 1.54) is 0 Å². The van der Waals surface area contributed by atoms with E-state index < -0.39 is 15.7 Å². The Morgan fingerprint density at radius 1 is 1.42 bits per heavy atom. The maximum atomic E-state index is 11.1. The number of halogens is 5. The Kier molecular flexibility index (Phi) is 5.26. The molecule has 0 aliphatic carbocycles. The zero-order valence-corrected chi connectivity index (χ0v) is 10.2. The molecule has 0 aromatic rings. The average Bonchev–Trinajstić information content (AvgIpc) is 1.85. The Balaban J connectivity index is 4.88. The van der Waals surface area contributed by atoms with Crippen molar-refractivity contribution in [3.8, 4) is 0 Å². The van der Waals surface area contributed by atoms with Crippen LogP contribution in [-0.4, -0.2) is 15.7 Å². The highest BCUT2D eigenvalue weighted by Crippen LogP contribution is 2.70. The Bertz CT molecular complexity index is 225. The molecular weight excluding hydrogens is 288 g/mol. The van der Waals surface area contributed by atoms with Crippen LogP contribution in [0, 0.1) is 0 Å². The quantitative estimate of drug-likeness (QED) is 0.446. The molecule has 0 aliphatic heterocycles. The molecule has 0 aromatic heterocycles. The summed E-state index contributed by atoms with van der Waals surface area (Å²) in [6.07, 6.45) is -0.136. The molecule has 1 unspecified atom stereocenters. The van der Waals surface area contributed by atoms with Crippen LogP contribution in [-0.2, 0) is 9.36 Å². The van der Waals surface area contributed by atoms with E-state index in [1.807, 2.05) is 0 Å². The van der Waals surface area contributed by atoms with Crippen LogP contribution in [0.25, 0.3) is 0 Å². The molecule has 0 saturated heterocycles. The van der Waals surface area contributed by atoms with Crippen LogP contribution in [0.5, 0.6) is 0 Å². The van der Waals surface area contributed by atoms with Gasteiger partial charge in [-0.05, 0) is 40.5 Å². The number of rotatable bonds is 4. The topological polar surface area (TPSA) is 34.1 Å². The lowest BCUT2D eigenvalue weighted by Gasteiger charge is -2.21. The van der Waals surface area contributed by atoms with Crippen LogP contribution in [0.1, 0.15) is 6.42 Å². The highest BCUT2D eigenvalue weighted by molar-refractivity contribution is 8.11. The molecular formula is C4H4Cl5O2P. The van der Waals surface area contributed by atoms with Gasteiger partial charge in [-0.1, -0.05) is 11.6 Å². The van der Waals surface area contributed by atoms with Crippen molar-refractivity contribution in [2.75, 3.05) is 5.88 Å². The summed E-state index contributed by atoms with van der Waals surface area (Å²) in [7, 11) is 0. The van der Waals surface area contributed by atoms with Crippen LogP contribution in [0.4, 0.5) is 0 Å². The predicted molar refractivity (Wildman–Crippen MR) is 54.1 cm³/mol. The molecule has 0 spiro atoms. The van der Waals surface area contributed by atoms with Crippen molar-refractivity contribution in [1.29, 1.82) is 0 Å². The molecule has 8 heteroatoms. The van der Waals surface area contributed by atoms with Crippen LogP contribution in [0.15, 0.2) is 0 Å². The second-order valence-electron chi connectivity index (χ2n) is 1.93. The van der Waals surface area contributed by atoms with Gasteiger partial charge < -0.3 is 0 Å². The maximum absolute atomic E-state index is 11.1. The number of alkyl halides is 2. The largest absolute Gasteiger partial charge is 0.287 e. The first-order valence-electron chi connectivity index (χ1n) is 2.70. The molecule has 0 saturated carbocycles. The summed E-state index contributed by atoms with van der Waals surface area (Å²) in [6, 6.07) is 0. The van der Waals surface area contributed by atoms with Crippen LogP contribution in [0.2, 0.25) is 0 Å². The fourth-order valence-electron chi connectivity index (χ4n) is 0.456. The Labute approximate surface area is 94.4 Å². The smallest absolute Gasteiger partial charge is 0.282 e. The summed E-state index contributed by atoms with van der Waals surface area (Å²) in [5.41, 5.74) is 0. The van der Waals surface area contributed by atoms with E-state index in [9.17, 15) is 9.36 Å². The van der Waals surface area contributed by atoms with Crippen molar-refractivity contribution >= 4 is 68.4 Å². The highest BCUT2D eigenvalue weighted by Gasteiger charge is 2.50. The van der Waals surface area contributed by atoms with Crippen molar-refractivity contribution in [2.24, 2.45) is 0 Å². The van der Waals surface area contributed by atoms with Crippen molar-refractivity contribution < 1.29 is 9.36 Å². The molecule has 0 bridgehead atoms. The molecule has 0 heterocycles. The number of hydrogen-bond donors (Lipinski definition) is 0. The van der Waals surface area contributed by atoms with Gasteiger partial charge in [0.15, 0.2) is 4.62 Å². The molecule has 0 fully saturated rings. The Morgan fingerprint density at radius 2 is 1.83 bits per heavy atom. The summed E-state index contributed by atoms with van der Waals surface area (Å²) >= 11 is 26.4. The minimum absolute atomic E-state index is 0.00854. The molecule has 12 heavy (non-hydrogen) atoms. The van der Waals surface area contributed by atoms with E-state index in [4.69, 9.17) is 57.3 Å². The SMILES string of the molecule is O=C(Cl)C(Cl)(CCCl)P(=O)(Cl)Cl. The third kappa shape index (κ3) is 2.94. The highest BCUT2D eigenvalue weighted by atomic mass is 35.9. The Hall–Kier alpha value is 1.35. The van der Waals surface area contributed by atoms with Crippen LogP contribution in [0.3, 0.4) is 0 Å². The first kappa shape index (κ1) is 13.4. The molecule has 0 aromatic carbocycles. The van der Waals surface area contributed by atoms with E-state index in [0.717, 1.165) is 0 Å². The number of carbonyl (C=O) groups is 1. The van der Waals surface area contributed by atoms with Crippen molar-refractivity contribution in [3.05, 3.63) is 0 Å². The lowest BCUT2D eigenvalue weighted by atomic mass is 10.3. The second kappa shape index (κ2) is 4.72. The molecule has 0 amide bonds. The summed E-state index contributed by atoms with van der Waals surface area (Å²) < 4.78 is 9.14. The minimum atomic E-state index is -3.82. The van der Waals surface area contributed by atoms with Gasteiger partial charge in [0, 0.05) is 5.88 Å². The van der Waals surface area contributed by atoms with Gasteiger partial charge in [0.1, 0.15) is 0 Å². The van der Waals surface area contributed by atoms with E-state index in [2.05, 4.69) is 0 Å². The zero-order chi connectivity index (χ0) is 9.99. The minimum Gasteiger partial charge on any atom is -0.287 e. The van der Waals surface area contributed by atoms with Crippen LogP contribution < -0.4 is 0 Å². The molecule has 2 nitrogen and oxygen atoms in total. The Morgan fingerprint density at radius 3 is 1.92 bits per heavy atom. The number of carbonyl (C=O) groups excluding carboxylic acids is 1. The molecule has 72 valence electrons. The first-order chi connectivity index (χ1) is 5.25. The summed E-state index contributed by atoms with van der Waals surface area (Å²) in [5.74, 6) is -3.82. The zero-order valence-electron chi connectivity index (χ0n) is 5.57. The third-order valence-corrected chi connectivity index (χ3v) is 6.46. The fourth-order valence-corrected chi connectivity index (χ4v) is 3.32. The summed E-state index contributed by atoms with van der Waals surface area (Å²) in [5, 5.41) is -1.06. The van der Waals surface area contributed by atoms with Gasteiger partial charge >= 0.3 is 0 Å². The molecule has 0 aliphatic rings. The normalized spacial score (nSPS) is 17.1. The monoisotopic (exact) mass is 290 g/mol. The first-order valence-corrected chi connectivity index (χ1v) is 7.50. The van der Waals surface area contributed by atoms with Gasteiger partial charge in [-0.3, -0.25) is 9.36 Å². The van der Waals surface area contributed by atoms with Gasteiger partial charge in [0.05, 0.1) is 0 Å². The standard InChI is InChI=1S/C4H4Cl5O2P/c5-2-1-4(7,3(6)10)12(8,9)11/h1-2H2. The molecule has 0 N–H and O–H groups in total. The van der Waals surface area contributed by atoms with E-state index in [0.29, 0.717) is 0 Å². The lowest BCUT2D eigenvalue weighted by molar-refractivity contribution is -0.112. The number of hydrogen-bond acceptors (Lipinski definition) is 2. The lowest BCUT2D eigenvalue weighted by Crippen LogP contribution is -2.26. The van der Waals surface area contributed by atoms with Gasteiger partial charge in [-0.2, -0.15) is 0 Å². The second-order valence-corrected chi connectivity index (χ2v) is 8.63. The van der Waals surface area contributed by atoms with Gasteiger partial charge in [0.25, 0.3) is 11.1 Å². The third-order valence-electron chi connectivity index (χ3n) is 1.14. The van der Waals surface area contributed by atoms with Crippen molar-refractivity contribution in [2.45, 2.75) is 11.0 Å². The van der Waals surface area contributed by atoms with Gasteiger partial charge in [-0.15, -0.1) is 11.6 Å². The van der Waals surface area contributed by atoms with Crippen molar-refractivity contribution in [1.82, 2.24) is 0 Å². The van der Waals surface area contributed by atoms with E-state index in [-0.39, 0.29) is 12.3 Å². The van der Waals surface area contributed by atoms with E-state index >= 15 is 0 Å². The average molecular weight is 292 g/mol. The molecule has 0 radical (unpaired) electrons. The van der Waals surface area contributed by atoms with Crippen molar-refractivity contribution in [3.63, 3.8) is 0 Å². The molecule has 1 atom stereocenters. The summed E-state index contributed by atoms with van der Waals surface area (Å²) in [4.78, 5) is 10.7. The van der Waals surface area contributed by atoms with Gasteiger partial charge in [0.2, 0.25) is 0 Å². The summed E-state index contributed by atoms with van der Waals surface area (Å²) in [6.45, 7) is 0. The predicted octanol–water partition coefficient (Wildman–Crippen LogP) is 3.99. The van der Waals surface area contributed by atoms with E-state index in [1.54, 1.807) is 0 Å². The fraction of sp³-hybridized carbons (Fsp3) is 0.750. The van der Waals surface area contributed by atoms with Crippen LogP contribution >= 0.6 is 63.1 Å².